The summed E-state index contributed by atoms with van der Waals surface area (Å²) in [5, 5.41) is 0. The van der Waals surface area contributed by atoms with Crippen molar-refractivity contribution < 1.29 is 18.3 Å². The topological polar surface area (TPSA) is 52.3 Å². The van der Waals surface area contributed by atoms with E-state index in [1.807, 2.05) is 0 Å². The van der Waals surface area contributed by atoms with Crippen molar-refractivity contribution in [2.24, 2.45) is 5.73 Å². The van der Waals surface area contributed by atoms with Gasteiger partial charge in [-0.05, 0) is 24.6 Å². The first kappa shape index (κ1) is 11.6. The van der Waals surface area contributed by atoms with Gasteiger partial charge in [0.05, 0.1) is 12.7 Å². The first-order chi connectivity index (χ1) is 6.97. The first-order valence-electron chi connectivity index (χ1n) is 4.26. The molecule has 1 unspecified atom stereocenters. The van der Waals surface area contributed by atoms with Gasteiger partial charge in [-0.3, -0.25) is 4.79 Å². The summed E-state index contributed by atoms with van der Waals surface area (Å²) in [4.78, 5) is 11.0. The maximum Gasteiger partial charge on any atom is 0.327 e. The van der Waals surface area contributed by atoms with Crippen LogP contribution in [0.15, 0.2) is 12.1 Å². The van der Waals surface area contributed by atoms with Crippen molar-refractivity contribution in [2.45, 2.75) is 13.0 Å². The molecule has 15 heavy (non-hydrogen) atoms. The molecule has 0 aromatic heterocycles. The number of halogens is 2. The number of benzene rings is 1. The lowest BCUT2D eigenvalue weighted by Gasteiger charge is -2.12. The lowest BCUT2D eigenvalue weighted by atomic mass is 10.0. The fourth-order valence-corrected chi connectivity index (χ4v) is 1.25. The van der Waals surface area contributed by atoms with E-state index < -0.39 is 29.2 Å². The number of carbonyl (C=O) groups excluding carboxylic acids is 1. The Balaban J connectivity index is 3.19. The van der Waals surface area contributed by atoms with Crippen molar-refractivity contribution >= 4 is 5.97 Å². The molecule has 1 rings (SSSR count). The van der Waals surface area contributed by atoms with Crippen LogP contribution in [0.3, 0.4) is 0 Å². The first-order valence-corrected chi connectivity index (χ1v) is 4.26. The van der Waals surface area contributed by atoms with E-state index in [-0.39, 0.29) is 0 Å². The van der Waals surface area contributed by atoms with E-state index in [0.29, 0.717) is 5.56 Å². The summed E-state index contributed by atoms with van der Waals surface area (Å²) >= 11 is 0. The van der Waals surface area contributed by atoms with Crippen LogP contribution in [0.2, 0.25) is 0 Å². The Bertz CT molecular complexity index is 370. The monoisotopic (exact) mass is 215 g/mol. The van der Waals surface area contributed by atoms with Crippen LogP contribution in [0.1, 0.15) is 17.2 Å². The van der Waals surface area contributed by atoms with Crippen LogP contribution in [-0.4, -0.2) is 13.1 Å². The molecule has 1 aromatic carbocycles. The summed E-state index contributed by atoms with van der Waals surface area (Å²) in [5.74, 6) is -2.56. The van der Waals surface area contributed by atoms with Gasteiger partial charge in [-0.1, -0.05) is 0 Å². The highest BCUT2D eigenvalue weighted by Crippen LogP contribution is 2.21. The average molecular weight is 215 g/mol. The molecule has 1 aromatic rings. The maximum absolute atomic E-state index is 13.3. The molecule has 0 spiro atoms. The van der Waals surface area contributed by atoms with Gasteiger partial charge in [0.1, 0.15) is 17.7 Å². The summed E-state index contributed by atoms with van der Waals surface area (Å²) < 4.78 is 31.0. The van der Waals surface area contributed by atoms with Crippen LogP contribution in [-0.2, 0) is 9.53 Å². The Morgan fingerprint density at radius 2 is 1.87 bits per heavy atom. The highest BCUT2D eigenvalue weighted by molar-refractivity contribution is 5.77. The Kier molecular flexibility index (Phi) is 3.36. The fraction of sp³-hybridized carbons (Fsp3) is 0.300. The van der Waals surface area contributed by atoms with E-state index in [1.54, 1.807) is 6.92 Å². The summed E-state index contributed by atoms with van der Waals surface area (Å²) in [7, 11) is 1.10. The minimum atomic E-state index is -1.43. The number of rotatable bonds is 2. The number of hydrogen-bond acceptors (Lipinski definition) is 3. The Hall–Kier alpha value is -1.49. The Morgan fingerprint density at radius 1 is 1.40 bits per heavy atom. The van der Waals surface area contributed by atoms with Crippen molar-refractivity contribution in [3.8, 4) is 0 Å². The molecule has 0 heterocycles. The number of carbonyl (C=O) groups is 1. The van der Waals surface area contributed by atoms with E-state index >= 15 is 0 Å². The van der Waals surface area contributed by atoms with E-state index in [4.69, 9.17) is 5.73 Å². The molecule has 0 bridgehead atoms. The van der Waals surface area contributed by atoms with Gasteiger partial charge in [0.15, 0.2) is 0 Å². The minimum Gasteiger partial charge on any atom is -0.468 e. The van der Waals surface area contributed by atoms with Gasteiger partial charge >= 0.3 is 5.97 Å². The second kappa shape index (κ2) is 4.35. The van der Waals surface area contributed by atoms with Gasteiger partial charge in [0.2, 0.25) is 0 Å². The molecule has 3 nitrogen and oxygen atoms in total. The van der Waals surface area contributed by atoms with Crippen molar-refractivity contribution in [1.82, 2.24) is 0 Å². The highest BCUT2D eigenvalue weighted by Gasteiger charge is 2.24. The summed E-state index contributed by atoms with van der Waals surface area (Å²) in [5.41, 5.74) is 5.30. The number of ether oxygens (including phenoxy) is 1. The van der Waals surface area contributed by atoms with Gasteiger partial charge in [0, 0.05) is 0 Å². The molecule has 0 amide bonds. The van der Waals surface area contributed by atoms with Gasteiger partial charge in [-0.2, -0.15) is 0 Å². The van der Waals surface area contributed by atoms with E-state index in [0.717, 1.165) is 19.2 Å². The molecule has 82 valence electrons. The number of nitrogens with two attached hydrogens (primary N) is 1. The molecular formula is C10H11F2NO2. The SMILES string of the molecule is COC(=O)C(N)c1c(F)cc(C)cc1F. The normalized spacial score (nSPS) is 12.3. The molecule has 0 aliphatic carbocycles. The molecular weight excluding hydrogens is 204 g/mol. The van der Waals surface area contributed by atoms with Crippen LogP contribution in [0.4, 0.5) is 8.78 Å². The molecule has 0 fully saturated rings. The largest absolute Gasteiger partial charge is 0.468 e. The second-order valence-corrected chi connectivity index (χ2v) is 3.14. The lowest BCUT2D eigenvalue weighted by molar-refractivity contribution is -0.142. The van der Waals surface area contributed by atoms with Gasteiger partial charge in [-0.25, -0.2) is 8.78 Å². The number of esters is 1. The average Bonchev–Trinajstić information content (AvgIpc) is 2.14. The smallest absolute Gasteiger partial charge is 0.327 e. The molecule has 5 heteroatoms. The molecule has 2 N–H and O–H groups in total. The van der Waals surface area contributed by atoms with Crippen molar-refractivity contribution in [3.05, 3.63) is 34.9 Å². The summed E-state index contributed by atoms with van der Waals surface area (Å²) in [6.07, 6.45) is 0. The zero-order chi connectivity index (χ0) is 11.6. The second-order valence-electron chi connectivity index (χ2n) is 3.14. The molecule has 0 saturated carbocycles. The van der Waals surface area contributed by atoms with Gasteiger partial charge in [0.25, 0.3) is 0 Å². The molecule has 1 atom stereocenters. The third kappa shape index (κ3) is 2.30. The minimum absolute atomic E-state index is 0.422. The van der Waals surface area contributed by atoms with Crippen molar-refractivity contribution in [1.29, 1.82) is 0 Å². The van der Waals surface area contributed by atoms with E-state index in [2.05, 4.69) is 4.74 Å². The molecule has 0 aliphatic rings. The van der Waals surface area contributed by atoms with E-state index in [9.17, 15) is 13.6 Å². The third-order valence-electron chi connectivity index (χ3n) is 1.99. The number of hydrogen-bond donors (Lipinski definition) is 1. The van der Waals surface area contributed by atoms with Crippen LogP contribution >= 0.6 is 0 Å². The Morgan fingerprint density at radius 3 is 2.27 bits per heavy atom. The van der Waals surface area contributed by atoms with Crippen molar-refractivity contribution in [2.75, 3.05) is 7.11 Å². The lowest BCUT2D eigenvalue weighted by Crippen LogP contribution is -2.25. The summed E-state index contributed by atoms with van der Waals surface area (Å²) in [6.45, 7) is 1.54. The number of aryl methyl sites for hydroxylation is 1. The van der Waals surface area contributed by atoms with Gasteiger partial charge < -0.3 is 10.5 Å². The molecule has 0 saturated heterocycles. The standard InChI is InChI=1S/C10H11F2NO2/c1-5-3-6(11)8(7(12)4-5)9(13)10(14)15-2/h3-4,9H,13H2,1-2H3. The molecule has 0 radical (unpaired) electrons. The zero-order valence-electron chi connectivity index (χ0n) is 8.38. The third-order valence-corrected chi connectivity index (χ3v) is 1.99. The quantitative estimate of drug-likeness (QED) is 0.759. The fourth-order valence-electron chi connectivity index (χ4n) is 1.25. The Labute approximate surface area is 85.8 Å². The maximum atomic E-state index is 13.3. The predicted molar refractivity (Wildman–Crippen MR) is 50.0 cm³/mol. The summed E-state index contributed by atoms with van der Waals surface area (Å²) in [6, 6.07) is 0.790. The predicted octanol–water partition coefficient (Wildman–Crippen LogP) is 1.45. The highest BCUT2D eigenvalue weighted by atomic mass is 19.1. The number of methoxy groups -OCH3 is 1. The van der Waals surface area contributed by atoms with E-state index in [1.165, 1.54) is 0 Å². The van der Waals surface area contributed by atoms with Crippen LogP contribution in [0, 0.1) is 18.6 Å². The zero-order valence-corrected chi connectivity index (χ0v) is 8.38. The van der Waals surface area contributed by atoms with Gasteiger partial charge in [-0.15, -0.1) is 0 Å². The van der Waals surface area contributed by atoms with Crippen LogP contribution < -0.4 is 5.73 Å². The van der Waals surface area contributed by atoms with Crippen molar-refractivity contribution in [3.63, 3.8) is 0 Å². The van der Waals surface area contributed by atoms with Crippen LogP contribution in [0.5, 0.6) is 0 Å². The van der Waals surface area contributed by atoms with Crippen LogP contribution in [0.25, 0.3) is 0 Å². The molecule has 0 aliphatic heterocycles.